The summed E-state index contributed by atoms with van der Waals surface area (Å²) in [4.78, 5) is 9.47. The molecule has 0 amide bonds. The van der Waals surface area contributed by atoms with Gasteiger partial charge in [-0.1, -0.05) is 6.07 Å². The average Bonchev–Trinajstić information content (AvgIpc) is 2.04. The third-order valence-electron chi connectivity index (χ3n) is 1.49. The van der Waals surface area contributed by atoms with Crippen LogP contribution in [0.1, 0.15) is 0 Å². The third kappa shape index (κ3) is 1.95. The number of nitro groups is 1. The average molecular weight is 183 g/mol. The van der Waals surface area contributed by atoms with E-state index < -0.39 is 23.5 Å². The highest BCUT2D eigenvalue weighted by Crippen LogP contribution is 2.22. The van der Waals surface area contributed by atoms with Gasteiger partial charge in [-0.25, -0.2) is 0 Å². The molecule has 0 saturated heterocycles. The van der Waals surface area contributed by atoms with Gasteiger partial charge in [-0.15, -0.1) is 0 Å². The first-order valence-corrected chi connectivity index (χ1v) is 3.36. The Morgan fingerprint density at radius 1 is 1.38 bits per heavy atom. The summed E-state index contributed by atoms with van der Waals surface area (Å²) in [6.45, 7) is 0. The van der Waals surface area contributed by atoms with Gasteiger partial charge in [0.15, 0.2) is 5.75 Å². The number of hydrogen-bond donors (Lipinski definition) is 3. The lowest BCUT2D eigenvalue weighted by molar-refractivity contribution is -0.385. The number of benzene rings is 1. The van der Waals surface area contributed by atoms with Crippen molar-refractivity contribution in [1.82, 2.24) is 0 Å². The number of phenolic OH excluding ortho intramolecular Hbond substituents is 1. The van der Waals surface area contributed by atoms with Gasteiger partial charge >= 0.3 is 12.8 Å². The normalized spacial score (nSPS) is 9.69. The minimum absolute atomic E-state index is 0.0375. The molecule has 0 heterocycles. The van der Waals surface area contributed by atoms with E-state index in [2.05, 4.69) is 0 Å². The Labute approximate surface area is 73.4 Å². The van der Waals surface area contributed by atoms with E-state index >= 15 is 0 Å². The number of aromatic hydroxyl groups is 1. The van der Waals surface area contributed by atoms with Crippen molar-refractivity contribution in [2.75, 3.05) is 0 Å². The molecule has 0 radical (unpaired) electrons. The molecule has 0 atom stereocenters. The minimum atomic E-state index is -1.78. The monoisotopic (exact) mass is 183 g/mol. The molecule has 0 aliphatic rings. The van der Waals surface area contributed by atoms with Crippen LogP contribution in [0.25, 0.3) is 0 Å². The van der Waals surface area contributed by atoms with Gasteiger partial charge in [0.05, 0.1) is 4.92 Å². The van der Waals surface area contributed by atoms with Gasteiger partial charge in [-0.3, -0.25) is 10.1 Å². The van der Waals surface area contributed by atoms with Crippen molar-refractivity contribution in [2.24, 2.45) is 0 Å². The van der Waals surface area contributed by atoms with Gasteiger partial charge in [-0.05, 0) is 11.5 Å². The molecule has 68 valence electrons. The lowest BCUT2D eigenvalue weighted by atomic mass is 9.80. The second kappa shape index (κ2) is 3.42. The second-order valence-corrected chi connectivity index (χ2v) is 2.38. The molecule has 7 heteroatoms. The SMILES string of the molecule is O=[N+]([O-])c1cc(B(O)O)ccc1O. The molecule has 1 rings (SSSR count). The summed E-state index contributed by atoms with van der Waals surface area (Å²) in [5, 5.41) is 36.6. The Balaban J connectivity index is 3.19. The molecule has 0 aromatic heterocycles. The maximum absolute atomic E-state index is 10.3. The molecule has 6 nitrogen and oxygen atoms in total. The van der Waals surface area contributed by atoms with Crippen LogP contribution < -0.4 is 5.46 Å². The highest BCUT2D eigenvalue weighted by atomic mass is 16.6. The Bertz CT molecular complexity index is 340. The van der Waals surface area contributed by atoms with Crippen molar-refractivity contribution in [3.05, 3.63) is 28.3 Å². The molecule has 13 heavy (non-hydrogen) atoms. The Hall–Kier alpha value is -1.60. The van der Waals surface area contributed by atoms with E-state index in [1.54, 1.807) is 0 Å². The van der Waals surface area contributed by atoms with Crippen LogP contribution in [0.15, 0.2) is 18.2 Å². The first-order chi connectivity index (χ1) is 6.02. The van der Waals surface area contributed by atoms with E-state index in [9.17, 15) is 10.1 Å². The van der Waals surface area contributed by atoms with Crippen molar-refractivity contribution < 1.29 is 20.1 Å². The van der Waals surface area contributed by atoms with Crippen molar-refractivity contribution in [2.45, 2.75) is 0 Å². The van der Waals surface area contributed by atoms with Crippen LogP contribution in [0.4, 0.5) is 5.69 Å². The van der Waals surface area contributed by atoms with Crippen molar-refractivity contribution >= 4 is 18.3 Å². The summed E-state index contributed by atoms with van der Waals surface area (Å²) in [6.07, 6.45) is 0. The summed E-state index contributed by atoms with van der Waals surface area (Å²) in [5.41, 5.74) is -0.588. The molecule has 0 spiro atoms. The Morgan fingerprint density at radius 2 is 2.00 bits per heavy atom. The quantitative estimate of drug-likeness (QED) is 0.309. The van der Waals surface area contributed by atoms with E-state index in [1.807, 2.05) is 0 Å². The highest BCUT2D eigenvalue weighted by molar-refractivity contribution is 6.58. The molecular weight excluding hydrogens is 177 g/mol. The summed E-state index contributed by atoms with van der Waals surface area (Å²) in [6, 6.07) is 3.12. The molecule has 0 bridgehead atoms. The van der Waals surface area contributed by atoms with E-state index in [-0.39, 0.29) is 5.46 Å². The lowest BCUT2D eigenvalue weighted by Crippen LogP contribution is -2.29. The van der Waals surface area contributed by atoms with E-state index in [1.165, 1.54) is 6.07 Å². The van der Waals surface area contributed by atoms with Crippen LogP contribution in [0, 0.1) is 10.1 Å². The van der Waals surface area contributed by atoms with Crippen LogP contribution in [0.2, 0.25) is 0 Å². The topological polar surface area (TPSA) is 104 Å². The fourth-order valence-electron chi connectivity index (χ4n) is 0.847. The van der Waals surface area contributed by atoms with Gasteiger partial charge in [0, 0.05) is 6.07 Å². The highest BCUT2D eigenvalue weighted by Gasteiger charge is 2.18. The molecule has 0 aliphatic heterocycles. The maximum atomic E-state index is 10.3. The van der Waals surface area contributed by atoms with Gasteiger partial charge in [0.25, 0.3) is 0 Å². The van der Waals surface area contributed by atoms with Crippen molar-refractivity contribution in [3.8, 4) is 5.75 Å². The summed E-state index contributed by atoms with van der Waals surface area (Å²) in [5.74, 6) is -0.505. The number of rotatable bonds is 2. The molecule has 0 saturated carbocycles. The summed E-state index contributed by atoms with van der Waals surface area (Å²) >= 11 is 0. The number of phenols is 1. The second-order valence-electron chi connectivity index (χ2n) is 2.38. The Morgan fingerprint density at radius 3 is 2.46 bits per heavy atom. The standard InChI is InChI=1S/C6H6BNO5/c9-6-2-1-4(7(10)11)3-5(6)8(12)13/h1-3,9-11H. The van der Waals surface area contributed by atoms with Crippen LogP contribution in [0.3, 0.4) is 0 Å². The van der Waals surface area contributed by atoms with Gasteiger partial charge < -0.3 is 15.2 Å². The fourth-order valence-corrected chi connectivity index (χ4v) is 0.847. The van der Waals surface area contributed by atoms with Crippen LogP contribution in [-0.4, -0.2) is 27.2 Å². The maximum Gasteiger partial charge on any atom is 0.488 e. The zero-order valence-electron chi connectivity index (χ0n) is 6.41. The molecule has 1 aromatic carbocycles. The zero-order chi connectivity index (χ0) is 10.0. The van der Waals surface area contributed by atoms with Crippen LogP contribution in [-0.2, 0) is 0 Å². The zero-order valence-corrected chi connectivity index (χ0v) is 6.41. The van der Waals surface area contributed by atoms with Gasteiger partial charge in [0.2, 0.25) is 0 Å². The largest absolute Gasteiger partial charge is 0.502 e. The number of nitro benzene ring substituents is 1. The summed E-state index contributed by atoms with van der Waals surface area (Å²) in [7, 11) is -1.78. The van der Waals surface area contributed by atoms with E-state index in [0.29, 0.717) is 0 Å². The third-order valence-corrected chi connectivity index (χ3v) is 1.49. The Kier molecular flexibility index (Phi) is 2.50. The van der Waals surface area contributed by atoms with Crippen LogP contribution in [0.5, 0.6) is 5.75 Å². The predicted octanol–water partition coefficient (Wildman–Crippen LogP) is -1.02. The van der Waals surface area contributed by atoms with E-state index in [4.69, 9.17) is 15.2 Å². The minimum Gasteiger partial charge on any atom is -0.502 e. The van der Waals surface area contributed by atoms with Gasteiger partial charge in [0.1, 0.15) is 0 Å². The lowest BCUT2D eigenvalue weighted by Gasteiger charge is -1.99. The number of hydrogen-bond acceptors (Lipinski definition) is 5. The van der Waals surface area contributed by atoms with Gasteiger partial charge in [-0.2, -0.15) is 0 Å². The van der Waals surface area contributed by atoms with Crippen molar-refractivity contribution in [1.29, 1.82) is 0 Å². The fraction of sp³-hybridized carbons (Fsp3) is 0. The first kappa shape index (κ1) is 9.49. The molecule has 0 fully saturated rings. The summed E-state index contributed by atoms with van der Waals surface area (Å²) < 4.78 is 0. The molecular formula is C6H6BNO5. The first-order valence-electron chi connectivity index (χ1n) is 3.36. The van der Waals surface area contributed by atoms with Crippen LogP contribution >= 0.6 is 0 Å². The molecule has 1 aromatic rings. The predicted molar refractivity (Wildman–Crippen MR) is 44.6 cm³/mol. The van der Waals surface area contributed by atoms with Crippen molar-refractivity contribution in [3.63, 3.8) is 0 Å². The molecule has 0 unspecified atom stereocenters. The molecule has 3 N–H and O–H groups in total. The molecule has 0 aliphatic carbocycles. The number of nitrogens with zero attached hydrogens (tertiary/aromatic N) is 1. The smallest absolute Gasteiger partial charge is 0.488 e. The van der Waals surface area contributed by atoms with E-state index in [0.717, 1.165) is 12.1 Å².